The van der Waals surface area contributed by atoms with Gasteiger partial charge in [0.2, 0.25) is 11.8 Å². The number of nitrogens with zero attached hydrogens (tertiary/aromatic N) is 1. The van der Waals surface area contributed by atoms with Crippen molar-refractivity contribution in [2.75, 3.05) is 19.8 Å². The third-order valence-corrected chi connectivity index (χ3v) is 4.68. The number of aliphatic hydroxyl groups is 1. The summed E-state index contributed by atoms with van der Waals surface area (Å²) in [6.45, 7) is 1.29. The predicted molar refractivity (Wildman–Crippen MR) is 96.5 cm³/mol. The fourth-order valence-electron chi connectivity index (χ4n) is 3.27. The smallest absolute Gasteiger partial charge is 0.255 e. The van der Waals surface area contributed by atoms with Crippen LogP contribution in [0.3, 0.4) is 0 Å². The third-order valence-electron chi connectivity index (χ3n) is 4.68. The molecule has 7 heteroatoms. The Morgan fingerprint density at radius 3 is 2.89 bits per heavy atom. The lowest BCUT2D eigenvalue weighted by atomic mass is 10.0. The minimum absolute atomic E-state index is 0.156. The van der Waals surface area contributed by atoms with Gasteiger partial charge < -0.3 is 14.7 Å². The van der Waals surface area contributed by atoms with Gasteiger partial charge in [-0.15, -0.1) is 0 Å². The van der Waals surface area contributed by atoms with E-state index in [4.69, 9.17) is 9.84 Å². The molecule has 1 saturated heterocycles. The number of fused-ring (bicyclic) bond motifs is 1. The van der Waals surface area contributed by atoms with E-state index in [1.54, 1.807) is 12.1 Å². The normalized spacial score (nSPS) is 18.8. The molecule has 1 fully saturated rings. The van der Waals surface area contributed by atoms with Crippen LogP contribution < -0.4 is 5.32 Å². The van der Waals surface area contributed by atoms with Gasteiger partial charge in [0.1, 0.15) is 12.6 Å². The van der Waals surface area contributed by atoms with Crippen LogP contribution in [0.2, 0.25) is 0 Å². The Morgan fingerprint density at radius 2 is 2.11 bits per heavy atom. The van der Waals surface area contributed by atoms with Crippen molar-refractivity contribution >= 4 is 17.7 Å². The monoisotopic (exact) mass is 370 g/mol. The Labute approximate surface area is 157 Å². The van der Waals surface area contributed by atoms with Gasteiger partial charge in [-0.1, -0.05) is 17.9 Å². The van der Waals surface area contributed by atoms with Gasteiger partial charge in [0.05, 0.1) is 0 Å². The van der Waals surface area contributed by atoms with Crippen molar-refractivity contribution in [2.45, 2.75) is 38.3 Å². The highest BCUT2D eigenvalue weighted by atomic mass is 16.5. The number of ether oxygens (including phenoxy) is 1. The molecule has 0 aromatic heterocycles. The quantitative estimate of drug-likeness (QED) is 0.434. The van der Waals surface area contributed by atoms with Crippen LogP contribution in [-0.4, -0.2) is 53.6 Å². The van der Waals surface area contributed by atoms with E-state index in [9.17, 15) is 14.4 Å². The van der Waals surface area contributed by atoms with Crippen LogP contribution in [0.5, 0.6) is 0 Å². The average molecular weight is 370 g/mol. The number of carbonyl (C=O) groups excluding carboxylic acids is 3. The fraction of sp³-hybridized carbons (Fsp3) is 0.450. The van der Waals surface area contributed by atoms with Crippen molar-refractivity contribution in [3.05, 3.63) is 34.9 Å². The van der Waals surface area contributed by atoms with Crippen LogP contribution in [-0.2, 0) is 20.9 Å². The van der Waals surface area contributed by atoms with E-state index in [2.05, 4.69) is 17.2 Å². The number of hydrogen-bond acceptors (Lipinski definition) is 5. The molecule has 0 bridgehead atoms. The molecule has 0 saturated carbocycles. The highest BCUT2D eigenvalue weighted by molar-refractivity contribution is 6.05. The fourth-order valence-corrected chi connectivity index (χ4v) is 3.27. The minimum atomic E-state index is -0.627. The maximum absolute atomic E-state index is 12.7. The SMILES string of the molecule is O=C1CCC(N2Cc3c(C#CCOCCCCO)cccc3C2=O)C(=O)N1. The molecule has 0 radical (unpaired) electrons. The predicted octanol–water partition coefficient (Wildman–Crippen LogP) is 0.588. The molecule has 1 aromatic carbocycles. The van der Waals surface area contributed by atoms with Crippen LogP contribution in [0.4, 0.5) is 0 Å². The van der Waals surface area contributed by atoms with Crippen LogP contribution in [0, 0.1) is 11.8 Å². The number of imide groups is 1. The molecule has 3 amide bonds. The molecule has 0 spiro atoms. The molecule has 7 nitrogen and oxygen atoms in total. The van der Waals surface area contributed by atoms with E-state index in [1.165, 1.54) is 4.90 Å². The first-order valence-corrected chi connectivity index (χ1v) is 9.06. The Morgan fingerprint density at radius 1 is 1.26 bits per heavy atom. The Balaban J connectivity index is 1.67. The van der Waals surface area contributed by atoms with Crippen LogP contribution >= 0.6 is 0 Å². The number of nitrogens with one attached hydrogen (secondary N) is 1. The molecular formula is C20H22N2O5. The summed E-state index contributed by atoms with van der Waals surface area (Å²) in [5, 5.41) is 11.0. The second-order valence-electron chi connectivity index (χ2n) is 6.52. The number of carbonyl (C=O) groups is 3. The van der Waals surface area contributed by atoms with Crippen molar-refractivity contribution < 1.29 is 24.2 Å². The summed E-state index contributed by atoms with van der Waals surface area (Å²) in [6, 6.07) is 4.73. The summed E-state index contributed by atoms with van der Waals surface area (Å²) in [5.74, 6) is 5.06. The molecule has 1 unspecified atom stereocenters. The number of unbranched alkanes of at least 4 members (excludes halogenated alkanes) is 1. The van der Waals surface area contributed by atoms with Crippen molar-refractivity contribution in [3.8, 4) is 11.8 Å². The summed E-state index contributed by atoms with van der Waals surface area (Å²) in [6.07, 6.45) is 2.07. The first kappa shape index (κ1) is 19.1. The first-order chi connectivity index (χ1) is 13.1. The van der Waals surface area contributed by atoms with Crippen LogP contribution in [0.15, 0.2) is 18.2 Å². The van der Waals surface area contributed by atoms with Gasteiger partial charge in [-0.25, -0.2) is 0 Å². The second kappa shape index (κ2) is 8.80. The number of piperidine rings is 1. The number of benzene rings is 1. The van der Waals surface area contributed by atoms with Gasteiger partial charge in [-0.05, 0) is 37.0 Å². The number of rotatable bonds is 6. The van der Waals surface area contributed by atoms with Crippen molar-refractivity contribution in [2.24, 2.45) is 0 Å². The molecule has 3 rings (SSSR count). The maximum atomic E-state index is 12.7. The van der Waals surface area contributed by atoms with Gasteiger partial charge in [0.15, 0.2) is 0 Å². The number of aliphatic hydroxyl groups excluding tert-OH is 1. The third kappa shape index (κ3) is 4.35. The zero-order valence-electron chi connectivity index (χ0n) is 15.0. The Kier molecular flexibility index (Phi) is 6.22. The number of hydrogen-bond donors (Lipinski definition) is 2. The van der Waals surface area contributed by atoms with Gasteiger partial charge >= 0.3 is 0 Å². The first-order valence-electron chi connectivity index (χ1n) is 9.06. The summed E-state index contributed by atoms with van der Waals surface area (Å²) < 4.78 is 5.39. The summed E-state index contributed by atoms with van der Waals surface area (Å²) in [4.78, 5) is 37.7. The molecule has 2 aliphatic rings. The van der Waals surface area contributed by atoms with Gasteiger partial charge in [-0.3, -0.25) is 19.7 Å². The maximum Gasteiger partial charge on any atom is 0.255 e. The van der Waals surface area contributed by atoms with E-state index >= 15 is 0 Å². The molecular weight excluding hydrogens is 348 g/mol. The molecule has 2 aliphatic heterocycles. The average Bonchev–Trinajstić information content (AvgIpc) is 2.98. The molecule has 2 N–H and O–H groups in total. The Bertz CT molecular complexity index is 808. The van der Waals surface area contributed by atoms with Crippen LogP contribution in [0.25, 0.3) is 0 Å². The van der Waals surface area contributed by atoms with Crippen molar-refractivity contribution in [1.29, 1.82) is 0 Å². The summed E-state index contributed by atoms with van der Waals surface area (Å²) >= 11 is 0. The summed E-state index contributed by atoms with van der Waals surface area (Å²) in [5.41, 5.74) is 2.10. The lowest BCUT2D eigenvalue weighted by molar-refractivity contribution is -0.136. The minimum Gasteiger partial charge on any atom is -0.396 e. The number of amides is 3. The van der Waals surface area contributed by atoms with E-state index in [1.807, 2.05) is 6.07 Å². The lowest BCUT2D eigenvalue weighted by Gasteiger charge is -2.29. The van der Waals surface area contributed by atoms with Crippen molar-refractivity contribution in [1.82, 2.24) is 10.2 Å². The highest BCUT2D eigenvalue weighted by Crippen LogP contribution is 2.29. The summed E-state index contributed by atoms with van der Waals surface area (Å²) in [7, 11) is 0. The van der Waals surface area contributed by atoms with E-state index < -0.39 is 11.9 Å². The highest BCUT2D eigenvalue weighted by Gasteiger charge is 2.39. The largest absolute Gasteiger partial charge is 0.396 e. The molecule has 0 aliphatic carbocycles. The lowest BCUT2D eigenvalue weighted by Crippen LogP contribution is -2.52. The zero-order valence-corrected chi connectivity index (χ0v) is 15.0. The van der Waals surface area contributed by atoms with Crippen molar-refractivity contribution in [3.63, 3.8) is 0 Å². The van der Waals surface area contributed by atoms with E-state index in [0.29, 0.717) is 31.6 Å². The second-order valence-corrected chi connectivity index (χ2v) is 6.52. The topological polar surface area (TPSA) is 95.9 Å². The van der Waals surface area contributed by atoms with Gasteiger partial charge in [0, 0.05) is 37.3 Å². The molecule has 2 heterocycles. The molecule has 142 valence electrons. The van der Waals surface area contributed by atoms with E-state index in [-0.39, 0.29) is 31.4 Å². The van der Waals surface area contributed by atoms with Gasteiger partial charge in [0.25, 0.3) is 5.91 Å². The molecule has 27 heavy (non-hydrogen) atoms. The molecule has 1 atom stereocenters. The molecule has 1 aromatic rings. The standard InChI is InChI=1S/C20H22N2O5/c23-10-1-2-11-27-12-4-6-14-5-3-7-15-16(14)13-22(20(15)26)17-8-9-18(24)21-19(17)25/h3,5,7,17,23H,1-2,8-13H2,(H,21,24,25). The van der Waals surface area contributed by atoms with Gasteiger partial charge in [-0.2, -0.15) is 0 Å². The zero-order chi connectivity index (χ0) is 19.2. The van der Waals surface area contributed by atoms with Crippen LogP contribution in [0.1, 0.15) is 47.2 Å². The van der Waals surface area contributed by atoms with E-state index in [0.717, 1.165) is 17.5 Å². The Hall–Kier alpha value is -2.69.